The van der Waals surface area contributed by atoms with Crippen LogP contribution < -0.4 is 5.32 Å². The van der Waals surface area contributed by atoms with Crippen molar-refractivity contribution in [2.24, 2.45) is 0 Å². The van der Waals surface area contributed by atoms with Crippen LogP contribution in [0.1, 0.15) is 23.6 Å². The first-order valence-corrected chi connectivity index (χ1v) is 6.47. The summed E-state index contributed by atoms with van der Waals surface area (Å²) in [5.74, 6) is -0.377. The molecule has 4 heteroatoms. The first-order valence-electron chi connectivity index (χ1n) is 6.47. The molecule has 0 aliphatic carbocycles. The minimum atomic E-state index is -0.377. The quantitative estimate of drug-likeness (QED) is 0.661. The third-order valence-electron chi connectivity index (χ3n) is 3.11. The maximum absolute atomic E-state index is 12.0. The molecule has 0 heterocycles. The minimum Gasteiger partial charge on any atom is -0.383 e. The summed E-state index contributed by atoms with van der Waals surface area (Å²) in [7, 11) is 1.57. The van der Waals surface area contributed by atoms with Gasteiger partial charge in [0.1, 0.15) is 11.6 Å². The van der Waals surface area contributed by atoms with Gasteiger partial charge in [-0.25, -0.2) is 0 Å². The lowest BCUT2D eigenvalue weighted by Gasteiger charge is -2.12. The van der Waals surface area contributed by atoms with Crippen LogP contribution in [0, 0.1) is 25.2 Å². The second-order valence-electron chi connectivity index (χ2n) is 4.79. The lowest BCUT2D eigenvalue weighted by molar-refractivity contribution is -0.117. The van der Waals surface area contributed by atoms with Gasteiger partial charge in [-0.15, -0.1) is 0 Å². The van der Waals surface area contributed by atoms with Crippen LogP contribution in [-0.4, -0.2) is 25.7 Å². The molecule has 0 aliphatic rings. The van der Waals surface area contributed by atoms with Gasteiger partial charge in [-0.1, -0.05) is 18.2 Å². The van der Waals surface area contributed by atoms with Crippen LogP contribution in [0.4, 0.5) is 0 Å². The van der Waals surface area contributed by atoms with Crippen LogP contribution in [0.2, 0.25) is 0 Å². The van der Waals surface area contributed by atoms with E-state index in [-0.39, 0.29) is 17.5 Å². The Hall–Kier alpha value is -2.12. The number of amides is 1. The average molecular weight is 272 g/mol. The molecule has 1 aromatic carbocycles. The van der Waals surface area contributed by atoms with E-state index >= 15 is 0 Å². The molecule has 0 aliphatic heterocycles. The predicted molar refractivity (Wildman–Crippen MR) is 79.0 cm³/mol. The predicted octanol–water partition coefficient (Wildman–Crippen LogP) is 2.36. The summed E-state index contributed by atoms with van der Waals surface area (Å²) in [6.07, 6.45) is 1.62. The van der Waals surface area contributed by atoms with E-state index in [4.69, 9.17) is 10.00 Å². The zero-order valence-corrected chi connectivity index (χ0v) is 12.4. The summed E-state index contributed by atoms with van der Waals surface area (Å²) in [5, 5.41) is 11.9. The highest BCUT2D eigenvalue weighted by atomic mass is 16.5. The standard InChI is InChI=1S/C16H20N2O2/c1-11-6-5-7-14(13(11)3)8-15(9-17)16(19)18-12(2)10-20-4/h5-8,12H,10H2,1-4H3,(H,18,19)/b15-8-. The second-order valence-corrected chi connectivity index (χ2v) is 4.79. The molecule has 1 rings (SSSR count). The molecule has 0 saturated carbocycles. The zero-order valence-electron chi connectivity index (χ0n) is 12.4. The van der Waals surface area contributed by atoms with Crippen molar-refractivity contribution >= 4 is 12.0 Å². The Morgan fingerprint density at radius 3 is 2.80 bits per heavy atom. The Labute approximate surface area is 120 Å². The van der Waals surface area contributed by atoms with Crippen LogP contribution in [0.25, 0.3) is 6.08 Å². The number of nitrogens with one attached hydrogen (secondary N) is 1. The Kier molecular flexibility index (Phi) is 5.95. The topological polar surface area (TPSA) is 62.1 Å². The average Bonchev–Trinajstić information content (AvgIpc) is 2.40. The van der Waals surface area contributed by atoms with Crippen molar-refractivity contribution in [3.63, 3.8) is 0 Å². The molecule has 0 radical (unpaired) electrons. The number of methoxy groups -OCH3 is 1. The Morgan fingerprint density at radius 1 is 1.50 bits per heavy atom. The van der Waals surface area contributed by atoms with E-state index in [1.54, 1.807) is 13.2 Å². The first kappa shape index (κ1) is 15.9. The molecule has 0 fully saturated rings. The summed E-state index contributed by atoms with van der Waals surface area (Å²) < 4.78 is 4.95. The molecule has 1 amide bonds. The van der Waals surface area contributed by atoms with Crippen LogP contribution in [-0.2, 0) is 9.53 Å². The molecule has 1 atom stereocenters. The first-order chi connectivity index (χ1) is 9.49. The fraction of sp³-hybridized carbons (Fsp3) is 0.375. The van der Waals surface area contributed by atoms with Gasteiger partial charge < -0.3 is 10.1 Å². The number of hydrogen-bond donors (Lipinski definition) is 1. The van der Waals surface area contributed by atoms with Crippen molar-refractivity contribution in [1.82, 2.24) is 5.32 Å². The van der Waals surface area contributed by atoms with Gasteiger partial charge in [0.15, 0.2) is 0 Å². The monoisotopic (exact) mass is 272 g/mol. The van der Waals surface area contributed by atoms with E-state index in [1.807, 2.05) is 45.0 Å². The number of rotatable bonds is 5. The highest BCUT2D eigenvalue weighted by molar-refractivity contribution is 6.02. The smallest absolute Gasteiger partial charge is 0.262 e. The number of nitrogens with zero attached hydrogens (tertiary/aromatic N) is 1. The molecule has 4 nitrogen and oxygen atoms in total. The maximum Gasteiger partial charge on any atom is 0.262 e. The molecule has 0 bridgehead atoms. The van der Waals surface area contributed by atoms with Gasteiger partial charge in [0, 0.05) is 13.2 Å². The summed E-state index contributed by atoms with van der Waals surface area (Å²) >= 11 is 0. The normalized spacial score (nSPS) is 12.7. The van der Waals surface area contributed by atoms with E-state index < -0.39 is 0 Å². The van der Waals surface area contributed by atoms with Gasteiger partial charge in [-0.3, -0.25) is 4.79 Å². The molecule has 1 aromatic rings. The molecule has 1 N–H and O–H groups in total. The SMILES string of the molecule is COCC(C)NC(=O)/C(C#N)=C\c1cccc(C)c1C. The molecular formula is C16H20N2O2. The molecule has 106 valence electrons. The largest absolute Gasteiger partial charge is 0.383 e. The third-order valence-corrected chi connectivity index (χ3v) is 3.11. The number of ether oxygens (including phenoxy) is 1. The van der Waals surface area contributed by atoms with Crippen LogP contribution in [0.3, 0.4) is 0 Å². The minimum absolute atomic E-state index is 0.0988. The van der Waals surface area contributed by atoms with E-state index in [2.05, 4.69) is 5.32 Å². The van der Waals surface area contributed by atoms with Crippen molar-refractivity contribution in [2.45, 2.75) is 26.8 Å². The molecule has 20 heavy (non-hydrogen) atoms. The van der Waals surface area contributed by atoms with Crippen molar-refractivity contribution in [3.05, 3.63) is 40.5 Å². The van der Waals surface area contributed by atoms with Crippen LogP contribution >= 0.6 is 0 Å². The van der Waals surface area contributed by atoms with E-state index in [1.165, 1.54) is 0 Å². The third kappa shape index (κ3) is 4.22. The summed E-state index contributed by atoms with van der Waals surface area (Å²) in [6.45, 7) is 6.21. The van der Waals surface area contributed by atoms with Gasteiger partial charge in [0.2, 0.25) is 0 Å². The molecule has 0 saturated heterocycles. The number of benzene rings is 1. The van der Waals surface area contributed by atoms with Crippen molar-refractivity contribution in [3.8, 4) is 6.07 Å². The summed E-state index contributed by atoms with van der Waals surface area (Å²) in [4.78, 5) is 12.0. The molecule has 1 unspecified atom stereocenters. The van der Waals surface area contributed by atoms with Crippen LogP contribution in [0.5, 0.6) is 0 Å². The van der Waals surface area contributed by atoms with Gasteiger partial charge >= 0.3 is 0 Å². The van der Waals surface area contributed by atoms with E-state index in [9.17, 15) is 4.79 Å². The second kappa shape index (κ2) is 7.46. The van der Waals surface area contributed by atoms with Crippen molar-refractivity contribution < 1.29 is 9.53 Å². The van der Waals surface area contributed by atoms with Crippen molar-refractivity contribution in [1.29, 1.82) is 5.26 Å². The lowest BCUT2D eigenvalue weighted by Crippen LogP contribution is -2.36. The lowest BCUT2D eigenvalue weighted by atomic mass is 10.0. The number of aryl methyl sites for hydroxylation is 1. The van der Waals surface area contributed by atoms with Crippen molar-refractivity contribution in [2.75, 3.05) is 13.7 Å². The summed E-state index contributed by atoms with van der Waals surface area (Å²) in [6, 6.07) is 7.62. The Morgan fingerprint density at radius 2 is 2.20 bits per heavy atom. The zero-order chi connectivity index (χ0) is 15.1. The fourth-order valence-corrected chi connectivity index (χ4v) is 1.83. The van der Waals surface area contributed by atoms with Gasteiger partial charge in [0.05, 0.1) is 6.61 Å². The molecule has 0 spiro atoms. The number of hydrogen-bond acceptors (Lipinski definition) is 3. The fourth-order valence-electron chi connectivity index (χ4n) is 1.83. The number of carbonyl (C=O) groups excluding carboxylic acids is 1. The molecule has 0 aromatic heterocycles. The molecular weight excluding hydrogens is 252 g/mol. The van der Waals surface area contributed by atoms with Gasteiger partial charge in [-0.05, 0) is 43.5 Å². The van der Waals surface area contributed by atoms with Gasteiger partial charge in [-0.2, -0.15) is 5.26 Å². The Bertz CT molecular complexity index is 556. The maximum atomic E-state index is 12.0. The summed E-state index contributed by atoms with van der Waals surface area (Å²) in [5.41, 5.74) is 3.18. The van der Waals surface area contributed by atoms with E-state index in [0.29, 0.717) is 6.61 Å². The van der Waals surface area contributed by atoms with E-state index in [0.717, 1.165) is 16.7 Å². The Balaban J connectivity index is 2.96. The highest BCUT2D eigenvalue weighted by Crippen LogP contribution is 2.16. The number of carbonyl (C=O) groups is 1. The van der Waals surface area contributed by atoms with Crippen LogP contribution in [0.15, 0.2) is 23.8 Å². The van der Waals surface area contributed by atoms with Gasteiger partial charge in [0.25, 0.3) is 5.91 Å². The number of nitriles is 1. The highest BCUT2D eigenvalue weighted by Gasteiger charge is 2.12.